The summed E-state index contributed by atoms with van der Waals surface area (Å²) in [6.45, 7) is 5.53. The van der Waals surface area contributed by atoms with Crippen molar-refractivity contribution in [1.29, 1.82) is 0 Å². The molecule has 1 saturated heterocycles. The zero-order valence-electron chi connectivity index (χ0n) is 15.9. The fourth-order valence-corrected chi connectivity index (χ4v) is 5.05. The fraction of sp³-hybridized carbons (Fsp3) is 0.824. The number of hydrogen-bond acceptors (Lipinski definition) is 9. The quantitative estimate of drug-likeness (QED) is 0.184. The second kappa shape index (κ2) is 5.48. The van der Waals surface area contributed by atoms with Crippen LogP contribution < -0.4 is 22.1 Å². The van der Waals surface area contributed by atoms with Crippen molar-refractivity contribution in [3.8, 4) is 0 Å². The molecule has 0 bridgehead atoms. The first-order chi connectivity index (χ1) is 12.6. The van der Waals surface area contributed by atoms with Gasteiger partial charge in [0.2, 0.25) is 5.66 Å². The first-order valence-corrected chi connectivity index (χ1v) is 9.54. The van der Waals surface area contributed by atoms with E-state index < -0.39 is 41.0 Å². The molecular weight excluding hydrogens is 352 g/mol. The van der Waals surface area contributed by atoms with E-state index in [1.165, 1.54) is 0 Å². The lowest BCUT2D eigenvalue weighted by Crippen LogP contribution is -2.78. The number of guanidine groups is 2. The highest BCUT2D eigenvalue weighted by Crippen LogP contribution is 2.47. The van der Waals surface area contributed by atoms with Gasteiger partial charge in [-0.1, -0.05) is 13.3 Å². The van der Waals surface area contributed by atoms with E-state index in [-0.39, 0.29) is 18.0 Å². The van der Waals surface area contributed by atoms with E-state index in [0.29, 0.717) is 6.42 Å². The minimum absolute atomic E-state index is 0.0950. The molecule has 0 amide bonds. The van der Waals surface area contributed by atoms with Crippen LogP contribution in [0.1, 0.15) is 46.5 Å². The van der Waals surface area contributed by atoms with Crippen molar-refractivity contribution in [3.63, 3.8) is 0 Å². The lowest BCUT2D eigenvalue weighted by Gasteiger charge is -2.43. The summed E-state index contributed by atoms with van der Waals surface area (Å²) in [6, 6.07) is -1.47. The first kappa shape index (κ1) is 18.3. The summed E-state index contributed by atoms with van der Waals surface area (Å²) in [5, 5.41) is 28.7. The molecule has 1 spiro atoms. The molecule has 3 aliphatic heterocycles. The van der Waals surface area contributed by atoms with E-state index in [0.717, 1.165) is 19.3 Å². The van der Waals surface area contributed by atoms with Crippen LogP contribution in [0.4, 0.5) is 0 Å². The fourth-order valence-electron chi connectivity index (χ4n) is 5.05. The Morgan fingerprint density at radius 1 is 1.41 bits per heavy atom. The van der Waals surface area contributed by atoms with Crippen LogP contribution in [0.2, 0.25) is 0 Å². The molecule has 5 atom stereocenters. The number of nitrogens with zero attached hydrogens (tertiary/aromatic N) is 2. The van der Waals surface area contributed by atoms with Gasteiger partial charge in [0, 0.05) is 0 Å². The van der Waals surface area contributed by atoms with Gasteiger partial charge in [-0.15, -0.1) is 0 Å². The standard InChI is InChI=1S/C17H28N6O4/c1-4-9-10-16(22-13(18)21-10)17(25,26)11(8(2)23(16)14(19)20-9)27-12(24)15(3)6-5-7-15/h8-11,25-26H,4-7H2,1-3H3,(H5,18,19,20,21,22)/p+1/t8-,9-,10-,11-,16-/m0/s1. The molecule has 4 aliphatic rings. The lowest BCUT2D eigenvalue weighted by atomic mass is 9.70. The van der Waals surface area contributed by atoms with Crippen LogP contribution in [0.5, 0.6) is 0 Å². The van der Waals surface area contributed by atoms with Crippen LogP contribution in [0.25, 0.3) is 0 Å². The normalized spacial score (nSPS) is 40.9. The predicted molar refractivity (Wildman–Crippen MR) is 96.4 cm³/mol. The minimum atomic E-state index is -2.45. The summed E-state index contributed by atoms with van der Waals surface area (Å²) >= 11 is 0. The van der Waals surface area contributed by atoms with Crippen molar-refractivity contribution >= 4 is 17.9 Å². The SMILES string of the molecule is CC[C@@H]1NC(N)=[N+]2[C@@H](C)[C@H](OC(=O)C3(C)CCC3)C(O)(O)[C@@]23NC(N)=N[C@@H]13. The molecule has 4 rings (SSSR count). The topological polar surface area (TPSA) is 158 Å². The number of rotatable bonds is 3. The third-order valence-electron chi connectivity index (χ3n) is 6.81. The summed E-state index contributed by atoms with van der Waals surface area (Å²) in [7, 11) is 0. The smallest absolute Gasteiger partial charge is 0.346 e. The van der Waals surface area contributed by atoms with E-state index in [2.05, 4.69) is 15.6 Å². The Labute approximate surface area is 157 Å². The number of aliphatic imine (C=N–C) groups is 1. The Hall–Kier alpha value is -2.07. The molecule has 10 nitrogen and oxygen atoms in total. The van der Waals surface area contributed by atoms with Crippen LogP contribution in [0.15, 0.2) is 4.99 Å². The summed E-state index contributed by atoms with van der Waals surface area (Å²) in [5.74, 6) is -2.50. The molecule has 150 valence electrons. The summed E-state index contributed by atoms with van der Waals surface area (Å²) < 4.78 is 7.29. The van der Waals surface area contributed by atoms with Gasteiger partial charge in [-0.3, -0.25) is 15.8 Å². The van der Waals surface area contributed by atoms with Crippen LogP contribution in [-0.2, 0) is 9.53 Å². The van der Waals surface area contributed by atoms with E-state index >= 15 is 0 Å². The van der Waals surface area contributed by atoms with E-state index in [1.54, 1.807) is 11.5 Å². The maximum atomic E-state index is 12.7. The van der Waals surface area contributed by atoms with Gasteiger partial charge in [0.1, 0.15) is 18.1 Å². The van der Waals surface area contributed by atoms with Crippen LogP contribution >= 0.6 is 0 Å². The molecule has 8 N–H and O–H groups in total. The average Bonchev–Trinajstić information content (AvgIpc) is 3.00. The highest BCUT2D eigenvalue weighted by atomic mass is 16.6. The molecule has 0 aromatic rings. The molecule has 0 radical (unpaired) electrons. The number of carbonyl (C=O) groups is 1. The van der Waals surface area contributed by atoms with E-state index in [1.807, 2.05) is 13.8 Å². The molecule has 27 heavy (non-hydrogen) atoms. The molecular formula is C17H29N6O4+. The largest absolute Gasteiger partial charge is 0.452 e. The highest BCUT2D eigenvalue weighted by molar-refractivity contribution is 5.83. The Balaban J connectivity index is 1.77. The van der Waals surface area contributed by atoms with Gasteiger partial charge < -0.3 is 26.0 Å². The van der Waals surface area contributed by atoms with E-state index in [4.69, 9.17) is 16.2 Å². The van der Waals surface area contributed by atoms with Gasteiger partial charge in [0.15, 0.2) is 12.1 Å². The predicted octanol–water partition coefficient (Wildman–Crippen LogP) is -2.14. The number of nitrogens with one attached hydrogen (secondary N) is 2. The van der Waals surface area contributed by atoms with Gasteiger partial charge in [0.05, 0.1) is 5.41 Å². The van der Waals surface area contributed by atoms with Gasteiger partial charge in [-0.2, -0.15) is 0 Å². The van der Waals surface area contributed by atoms with Crippen molar-refractivity contribution in [2.75, 3.05) is 0 Å². The van der Waals surface area contributed by atoms with Crippen molar-refractivity contribution in [1.82, 2.24) is 10.6 Å². The summed E-state index contributed by atoms with van der Waals surface area (Å²) in [5.41, 5.74) is 10.1. The molecule has 0 aromatic carbocycles. The molecule has 1 aliphatic carbocycles. The second-order valence-electron chi connectivity index (χ2n) is 8.47. The van der Waals surface area contributed by atoms with Crippen LogP contribution in [-0.4, -0.2) is 68.4 Å². The van der Waals surface area contributed by atoms with Crippen molar-refractivity contribution in [2.45, 2.75) is 82.1 Å². The summed E-state index contributed by atoms with van der Waals surface area (Å²) in [4.78, 5) is 17.1. The maximum absolute atomic E-state index is 12.7. The number of aliphatic hydroxyl groups is 2. The number of hydrogen-bond donors (Lipinski definition) is 6. The Kier molecular flexibility index (Phi) is 3.71. The molecule has 10 heteroatoms. The molecule has 0 unspecified atom stereocenters. The lowest BCUT2D eigenvalue weighted by molar-refractivity contribution is -0.646. The molecule has 2 fully saturated rings. The van der Waals surface area contributed by atoms with Crippen molar-refractivity contribution < 1.29 is 24.3 Å². The Bertz CT molecular complexity index is 746. The third-order valence-corrected chi connectivity index (χ3v) is 6.81. The zero-order valence-corrected chi connectivity index (χ0v) is 15.9. The van der Waals surface area contributed by atoms with Crippen molar-refractivity contribution in [2.24, 2.45) is 21.9 Å². The number of nitrogens with two attached hydrogens (primary N) is 2. The first-order valence-electron chi connectivity index (χ1n) is 9.54. The monoisotopic (exact) mass is 381 g/mol. The average molecular weight is 381 g/mol. The maximum Gasteiger partial charge on any atom is 0.346 e. The number of carbonyl (C=O) groups excluding carboxylic acids is 1. The van der Waals surface area contributed by atoms with Crippen molar-refractivity contribution in [3.05, 3.63) is 0 Å². The van der Waals surface area contributed by atoms with Gasteiger partial charge >= 0.3 is 11.9 Å². The third kappa shape index (κ3) is 2.11. The van der Waals surface area contributed by atoms with Gasteiger partial charge in [0.25, 0.3) is 5.79 Å². The Morgan fingerprint density at radius 2 is 2.07 bits per heavy atom. The number of ether oxygens (including phenoxy) is 1. The summed E-state index contributed by atoms with van der Waals surface area (Å²) in [6.07, 6.45) is 1.86. The van der Waals surface area contributed by atoms with Crippen LogP contribution in [0.3, 0.4) is 0 Å². The van der Waals surface area contributed by atoms with Crippen LogP contribution in [0, 0.1) is 5.41 Å². The Morgan fingerprint density at radius 3 is 2.63 bits per heavy atom. The number of esters is 1. The highest BCUT2D eigenvalue weighted by Gasteiger charge is 2.78. The zero-order chi connectivity index (χ0) is 19.8. The van der Waals surface area contributed by atoms with Gasteiger partial charge in [-0.05, 0) is 33.1 Å². The second-order valence-corrected chi connectivity index (χ2v) is 8.47. The minimum Gasteiger partial charge on any atom is -0.452 e. The molecule has 1 saturated carbocycles. The molecule has 0 aromatic heterocycles. The molecule has 3 heterocycles. The van der Waals surface area contributed by atoms with Gasteiger partial charge in [-0.25, -0.2) is 9.57 Å². The van der Waals surface area contributed by atoms with E-state index in [9.17, 15) is 15.0 Å².